The van der Waals surface area contributed by atoms with Crippen molar-refractivity contribution in [1.82, 2.24) is 5.32 Å². The maximum absolute atomic E-state index is 9.70. The Hall–Kier alpha value is -1.50. The number of rotatable bonds is 7. The molecule has 1 atom stereocenters. The summed E-state index contributed by atoms with van der Waals surface area (Å²) in [5.41, 5.74) is 1.20. The van der Waals surface area contributed by atoms with E-state index in [4.69, 9.17) is 4.74 Å². The van der Waals surface area contributed by atoms with Crippen LogP contribution in [0.15, 0.2) is 24.3 Å². The van der Waals surface area contributed by atoms with Crippen molar-refractivity contribution in [2.24, 2.45) is 0 Å². The average molecular weight is 247 g/mol. The molecule has 0 aromatic heterocycles. The molecule has 0 radical (unpaired) electrons. The molecule has 0 saturated heterocycles. The summed E-state index contributed by atoms with van der Waals surface area (Å²) in [6.07, 6.45) is 0.308. The van der Waals surface area contributed by atoms with Gasteiger partial charge in [0.2, 0.25) is 0 Å². The molecule has 0 spiro atoms. The number of nitrogens with one attached hydrogen (secondary N) is 1. The maximum atomic E-state index is 9.70. The minimum absolute atomic E-state index is 0.301. The van der Waals surface area contributed by atoms with Gasteiger partial charge in [-0.3, -0.25) is 0 Å². The van der Waals surface area contributed by atoms with Crippen molar-refractivity contribution in [3.05, 3.63) is 29.8 Å². The molecule has 98 valence electrons. The second kappa shape index (κ2) is 8.57. The molecule has 1 aromatic rings. The van der Waals surface area contributed by atoms with Crippen LogP contribution >= 0.6 is 0 Å². The molecule has 3 heteroatoms. The molecule has 0 bridgehead atoms. The van der Waals surface area contributed by atoms with Crippen molar-refractivity contribution < 1.29 is 9.84 Å². The number of hydrogen-bond acceptors (Lipinski definition) is 3. The second-order valence-electron chi connectivity index (χ2n) is 4.16. The summed E-state index contributed by atoms with van der Waals surface area (Å²) in [4.78, 5) is 0. The molecule has 1 rings (SSSR count). The van der Waals surface area contributed by atoms with Crippen molar-refractivity contribution in [1.29, 1.82) is 0 Å². The van der Waals surface area contributed by atoms with Crippen molar-refractivity contribution in [3.8, 4) is 17.6 Å². The van der Waals surface area contributed by atoms with Crippen molar-refractivity contribution >= 4 is 0 Å². The van der Waals surface area contributed by atoms with Gasteiger partial charge in [-0.05, 0) is 26.0 Å². The zero-order chi connectivity index (χ0) is 13.2. The quantitative estimate of drug-likeness (QED) is 0.569. The summed E-state index contributed by atoms with van der Waals surface area (Å²) < 4.78 is 5.48. The summed E-state index contributed by atoms with van der Waals surface area (Å²) in [5.74, 6) is 6.58. The minimum atomic E-state index is -0.499. The topological polar surface area (TPSA) is 41.5 Å². The van der Waals surface area contributed by atoms with E-state index in [0.29, 0.717) is 13.2 Å². The normalized spacial score (nSPS) is 11.5. The lowest BCUT2D eigenvalue weighted by molar-refractivity contribution is 0.107. The highest BCUT2D eigenvalue weighted by Crippen LogP contribution is 2.11. The highest BCUT2D eigenvalue weighted by molar-refractivity contribution is 5.26. The van der Waals surface area contributed by atoms with E-state index in [1.165, 1.54) is 5.56 Å². The molecule has 3 nitrogen and oxygen atoms in total. The van der Waals surface area contributed by atoms with Gasteiger partial charge in [-0.1, -0.05) is 17.7 Å². The standard InChI is InChI=1S/C15H21NO2/c1-3-4-5-10-16-11-14(17)12-18-15-8-6-13(2)7-9-15/h6-9,14,16-17H,5,10-12H2,1-2H3. The second-order valence-corrected chi connectivity index (χ2v) is 4.16. The Kier molecular flexibility index (Phi) is 6.93. The first-order valence-electron chi connectivity index (χ1n) is 6.20. The van der Waals surface area contributed by atoms with Gasteiger partial charge < -0.3 is 15.2 Å². The smallest absolute Gasteiger partial charge is 0.119 e. The summed E-state index contributed by atoms with van der Waals surface area (Å²) in [5, 5.41) is 12.8. The van der Waals surface area contributed by atoms with Crippen LogP contribution in [0, 0.1) is 18.8 Å². The molecule has 0 aliphatic carbocycles. The SMILES string of the molecule is CC#CCCNCC(O)COc1ccc(C)cc1. The fourth-order valence-electron chi connectivity index (χ4n) is 1.43. The zero-order valence-corrected chi connectivity index (χ0v) is 11.1. The number of ether oxygens (including phenoxy) is 1. The van der Waals surface area contributed by atoms with E-state index in [9.17, 15) is 5.11 Å². The third-order valence-electron chi connectivity index (χ3n) is 2.45. The Labute approximate surface area is 109 Å². The molecule has 0 saturated carbocycles. The Balaban J connectivity index is 2.14. The molecule has 0 amide bonds. The van der Waals surface area contributed by atoms with Crippen LogP contribution in [0.5, 0.6) is 5.75 Å². The summed E-state index contributed by atoms with van der Waals surface area (Å²) in [6, 6.07) is 7.80. The molecule has 0 heterocycles. The molecular weight excluding hydrogens is 226 g/mol. The van der Waals surface area contributed by atoms with Crippen molar-refractivity contribution in [3.63, 3.8) is 0 Å². The lowest BCUT2D eigenvalue weighted by atomic mass is 10.2. The van der Waals surface area contributed by atoms with Crippen LogP contribution in [0.2, 0.25) is 0 Å². The summed E-state index contributed by atoms with van der Waals surface area (Å²) in [7, 11) is 0. The third-order valence-corrected chi connectivity index (χ3v) is 2.45. The van der Waals surface area contributed by atoms with E-state index < -0.39 is 6.10 Å². The Morgan fingerprint density at radius 1 is 1.33 bits per heavy atom. The van der Waals surface area contributed by atoms with E-state index in [0.717, 1.165) is 18.7 Å². The molecule has 0 aliphatic rings. The number of aryl methyl sites for hydroxylation is 1. The fraction of sp³-hybridized carbons (Fsp3) is 0.467. The van der Waals surface area contributed by atoms with Crippen LogP contribution in [-0.2, 0) is 0 Å². The highest BCUT2D eigenvalue weighted by atomic mass is 16.5. The molecular formula is C15H21NO2. The van der Waals surface area contributed by atoms with Gasteiger partial charge in [-0.25, -0.2) is 0 Å². The van der Waals surface area contributed by atoms with E-state index in [1.54, 1.807) is 0 Å². The van der Waals surface area contributed by atoms with E-state index >= 15 is 0 Å². The van der Waals surface area contributed by atoms with Crippen molar-refractivity contribution in [2.45, 2.75) is 26.4 Å². The minimum Gasteiger partial charge on any atom is -0.491 e. The van der Waals surface area contributed by atoms with Crippen LogP contribution in [0.25, 0.3) is 0 Å². The molecule has 0 aliphatic heterocycles. The van der Waals surface area contributed by atoms with Gasteiger partial charge in [0, 0.05) is 19.5 Å². The van der Waals surface area contributed by atoms with Gasteiger partial charge in [0.25, 0.3) is 0 Å². The predicted octanol–water partition coefficient (Wildman–Crippen LogP) is 1.74. The van der Waals surface area contributed by atoms with Crippen LogP contribution < -0.4 is 10.1 Å². The largest absolute Gasteiger partial charge is 0.491 e. The van der Waals surface area contributed by atoms with Crippen LogP contribution in [0.4, 0.5) is 0 Å². The molecule has 0 fully saturated rings. The molecule has 1 aromatic carbocycles. The summed E-state index contributed by atoms with van der Waals surface area (Å²) in [6.45, 7) is 5.47. The molecule has 18 heavy (non-hydrogen) atoms. The number of benzene rings is 1. The zero-order valence-electron chi connectivity index (χ0n) is 11.1. The van der Waals surface area contributed by atoms with Gasteiger partial charge in [-0.15, -0.1) is 11.8 Å². The third kappa shape index (κ3) is 6.29. The number of aliphatic hydroxyl groups excluding tert-OH is 1. The number of aliphatic hydroxyl groups is 1. The average Bonchev–Trinajstić information content (AvgIpc) is 2.38. The van der Waals surface area contributed by atoms with Gasteiger partial charge in [0.15, 0.2) is 0 Å². The molecule has 2 N–H and O–H groups in total. The van der Waals surface area contributed by atoms with E-state index in [2.05, 4.69) is 17.2 Å². The van der Waals surface area contributed by atoms with Crippen LogP contribution in [-0.4, -0.2) is 30.9 Å². The predicted molar refractivity (Wildman–Crippen MR) is 73.6 cm³/mol. The lowest BCUT2D eigenvalue weighted by Crippen LogP contribution is -2.31. The van der Waals surface area contributed by atoms with Gasteiger partial charge >= 0.3 is 0 Å². The molecule has 1 unspecified atom stereocenters. The first-order chi connectivity index (χ1) is 8.72. The van der Waals surface area contributed by atoms with Crippen LogP contribution in [0.1, 0.15) is 18.9 Å². The number of hydrogen-bond donors (Lipinski definition) is 2. The Bertz CT molecular complexity index is 389. The lowest BCUT2D eigenvalue weighted by Gasteiger charge is -2.12. The first-order valence-corrected chi connectivity index (χ1v) is 6.20. The van der Waals surface area contributed by atoms with Crippen LogP contribution in [0.3, 0.4) is 0 Å². The first kappa shape index (κ1) is 14.6. The van der Waals surface area contributed by atoms with Gasteiger partial charge in [0.1, 0.15) is 18.5 Å². The highest BCUT2D eigenvalue weighted by Gasteiger charge is 2.04. The fourth-order valence-corrected chi connectivity index (χ4v) is 1.43. The Morgan fingerprint density at radius 2 is 2.06 bits per heavy atom. The van der Waals surface area contributed by atoms with E-state index in [-0.39, 0.29) is 0 Å². The Morgan fingerprint density at radius 3 is 2.72 bits per heavy atom. The summed E-state index contributed by atoms with van der Waals surface area (Å²) >= 11 is 0. The van der Waals surface area contributed by atoms with E-state index in [1.807, 2.05) is 38.1 Å². The monoisotopic (exact) mass is 247 g/mol. The maximum Gasteiger partial charge on any atom is 0.119 e. The van der Waals surface area contributed by atoms with Gasteiger partial charge in [0.05, 0.1) is 0 Å². The van der Waals surface area contributed by atoms with Crippen molar-refractivity contribution in [2.75, 3.05) is 19.7 Å². The van der Waals surface area contributed by atoms with Gasteiger partial charge in [-0.2, -0.15) is 0 Å².